The maximum Gasteiger partial charge on any atom is 0.302 e. The number of rotatable bonds is 2. The molecule has 5 nitrogen and oxygen atoms in total. The van der Waals surface area contributed by atoms with E-state index in [4.69, 9.17) is 14.2 Å². The molecule has 1 N–H and O–H groups in total. The fourth-order valence-electron chi connectivity index (χ4n) is 8.41. The van der Waals surface area contributed by atoms with Crippen molar-refractivity contribution in [2.24, 2.45) is 40.9 Å². The summed E-state index contributed by atoms with van der Waals surface area (Å²) in [6.07, 6.45) is 8.91. The van der Waals surface area contributed by atoms with Gasteiger partial charge in [0, 0.05) is 25.4 Å². The molecule has 0 unspecified atom stereocenters. The van der Waals surface area contributed by atoms with Crippen molar-refractivity contribution in [2.75, 3.05) is 19.8 Å². The summed E-state index contributed by atoms with van der Waals surface area (Å²) in [7, 11) is 0. The largest absolute Gasteiger partial charge is 0.463 e. The van der Waals surface area contributed by atoms with Crippen LogP contribution in [-0.4, -0.2) is 42.8 Å². The fraction of sp³-hybridized carbons (Fsp3) is 0.957. The molecule has 1 saturated heterocycles. The second-order valence-electron chi connectivity index (χ2n) is 10.4. The number of aliphatic hydroxyl groups excluding tert-OH is 1. The highest BCUT2D eigenvalue weighted by atomic mass is 16.7. The molecular formula is C23H36O5. The van der Waals surface area contributed by atoms with Gasteiger partial charge in [-0.05, 0) is 80.5 Å². The molecule has 1 heterocycles. The van der Waals surface area contributed by atoms with Crippen molar-refractivity contribution in [1.82, 2.24) is 0 Å². The van der Waals surface area contributed by atoms with E-state index in [0.29, 0.717) is 29.6 Å². The first-order chi connectivity index (χ1) is 13.5. The molecule has 5 fully saturated rings. The van der Waals surface area contributed by atoms with Crippen LogP contribution in [0.4, 0.5) is 0 Å². The third kappa shape index (κ3) is 2.72. The highest BCUT2D eigenvalue weighted by Crippen LogP contribution is 2.67. The van der Waals surface area contributed by atoms with Crippen LogP contribution in [0.3, 0.4) is 0 Å². The number of hydrogen-bond acceptors (Lipinski definition) is 5. The molecule has 158 valence electrons. The molecule has 1 aliphatic heterocycles. The smallest absolute Gasteiger partial charge is 0.302 e. The lowest BCUT2D eigenvalue weighted by molar-refractivity contribution is -0.245. The van der Waals surface area contributed by atoms with E-state index in [-0.39, 0.29) is 29.9 Å². The average Bonchev–Trinajstić information content (AvgIpc) is 3.27. The third-order valence-electron chi connectivity index (χ3n) is 9.50. The molecule has 1 spiro atoms. The van der Waals surface area contributed by atoms with E-state index in [1.807, 2.05) is 0 Å². The summed E-state index contributed by atoms with van der Waals surface area (Å²) >= 11 is 0. The summed E-state index contributed by atoms with van der Waals surface area (Å²) in [5.41, 5.74) is 0.118. The van der Waals surface area contributed by atoms with Crippen LogP contribution in [-0.2, 0) is 19.0 Å². The van der Waals surface area contributed by atoms with E-state index >= 15 is 0 Å². The molecule has 0 aromatic heterocycles. The van der Waals surface area contributed by atoms with Crippen molar-refractivity contribution in [3.05, 3.63) is 0 Å². The maximum absolute atomic E-state index is 11.4. The van der Waals surface area contributed by atoms with Crippen molar-refractivity contribution >= 4 is 5.97 Å². The Labute approximate surface area is 168 Å². The molecule has 8 atom stereocenters. The molecule has 4 aliphatic carbocycles. The first kappa shape index (κ1) is 19.3. The van der Waals surface area contributed by atoms with Crippen LogP contribution in [0, 0.1) is 40.9 Å². The van der Waals surface area contributed by atoms with Crippen molar-refractivity contribution in [3.8, 4) is 0 Å². The van der Waals surface area contributed by atoms with Crippen molar-refractivity contribution in [3.63, 3.8) is 0 Å². The first-order valence-corrected chi connectivity index (χ1v) is 11.5. The molecule has 5 aliphatic rings. The molecule has 0 aromatic rings. The van der Waals surface area contributed by atoms with E-state index < -0.39 is 0 Å². The summed E-state index contributed by atoms with van der Waals surface area (Å²) in [5.74, 6) is 3.08. The minimum atomic E-state index is -0.346. The molecule has 5 heteroatoms. The Balaban J connectivity index is 1.38. The van der Waals surface area contributed by atoms with Crippen molar-refractivity contribution < 1.29 is 24.1 Å². The second-order valence-corrected chi connectivity index (χ2v) is 10.4. The monoisotopic (exact) mass is 392 g/mol. The number of ether oxygens (including phenoxy) is 3. The van der Waals surface area contributed by atoms with Gasteiger partial charge in [-0.3, -0.25) is 4.79 Å². The standard InChI is InChI=1S/C23H36O5/c1-14(25)28-16-3-4-17-18-5-7-22(2)21(6-8-23(22)26-9-10-27-23)20(18)11-15(13-24)19(17)12-16/h15-21,24H,3-13H2,1-2H3/t15-,16-,17+,18+,19+,20+,21-,22-/m0/s1. The number of aliphatic hydroxyl groups is 1. The summed E-state index contributed by atoms with van der Waals surface area (Å²) in [6, 6.07) is 0. The molecule has 5 rings (SSSR count). The van der Waals surface area contributed by atoms with Crippen LogP contribution in [0.1, 0.15) is 65.2 Å². The zero-order valence-corrected chi connectivity index (χ0v) is 17.4. The number of fused-ring (bicyclic) bond motifs is 6. The number of esters is 1. The Morgan fingerprint density at radius 1 is 1.00 bits per heavy atom. The predicted octanol–water partition coefficient (Wildman–Crippen LogP) is 3.53. The Kier molecular flexibility index (Phi) is 4.80. The van der Waals surface area contributed by atoms with Gasteiger partial charge in [0.15, 0.2) is 5.79 Å². The van der Waals surface area contributed by atoms with Gasteiger partial charge in [-0.1, -0.05) is 6.92 Å². The van der Waals surface area contributed by atoms with E-state index in [9.17, 15) is 9.90 Å². The molecule has 0 aromatic carbocycles. The fourth-order valence-corrected chi connectivity index (χ4v) is 8.41. The predicted molar refractivity (Wildman–Crippen MR) is 103 cm³/mol. The Bertz CT molecular complexity index is 614. The molecule has 28 heavy (non-hydrogen) atoms. The van der Waals surface area contributed by atoms with Gasteiger partial charge in [0.05, 0.1) is 13.2 Å². The lowest BCUT2D eigenvalue weighted by Gasteiger charge is -2.58. The lowest BCUT2D eigenvalue weighted by Crippen LogP contribution is -2.56. The second kappa shape index (κ2) is 6.95. The number of carbonyl (C=O) groups excluding carboxylic acids is 1. The topological polar surface area (TPSA) is 65.0 Å². The number of hydrogen-bond donors (Lipinski definition) is 1. The minimum absolute atomic E-state index is 0.0493. The molecular weight excluding hydrogens is 356 g/mol. The zero-order valence-electron chi connectivity index (χ0n) is 17.4. The summed E-state index contributed by atoms with van der Waals surface area (Å²) in [5, 5.41) is 10.2. The summed E-state index contributed by atoms with van der Waals surface area (Å²) < 4.78 is 18.1. The van der Waals surface area contributed by atoms with Gasteiger partial charge in [0.2, 0.25) is 0 Å². The van der Waals surface area contributed by atoms with Gasteiger partial charge >= 0.3 is 5.97 Å². The molecule has 0 amide bonds. The van der Waals surface area contributed by atoms with Gasteiger partial charge in [-0.15, -0.1) is 0 Å². The maximum atomic E-state index is 11.4. The highest BCUT2D eigenvalue weighted by molar-refractivity contribution is 5.66. The van der Waals surface area contributed by atoms with E-state index in [2.05, 4.69) is 6.92 Å². The molecule has 0 radical (unpaired) electrons. The normalized spacial score (nSPS) is 49.3. The van der Waals surface area contributed by atoms with Gasteiger partial charge in [0.1, 0.15) is 6.10 Å². The minimum Gasteiger partial charge on any atom is -0.463 e. The van der Waals surface area contributed by atoms with Crippen LogP contribution in [0.2, 0.25) is 0 Å². The van der Waals surface area contributed by atoms with E-state index in [0.717, 1.165) is 51.2 Å². The van der Waals surface area contributed by atoms with Gasteiger partial charge < -0.3 is 19.3 Å². The number of carbonyl (C=O) groups is 1. The Morgan fingerprint density at radius 2 is 1.75 bits per heavy atom. The van der Waals surface area contributed by atoms with Gasteiger partial charge in [-0.25, -0.2) is 0 Å². The van der Waals surface area contributed by atoms with E-state index in [1.54, 1.807) is 0 Å². The van der Waals surface area contributed by atoms with Crippen LogP contribution in [0.15, 0.2) is 0 Å². The van der Waals surface area contributed by atoms with Crippen molar-refractivity contribution in [2.45, 2.75) is 77.1 Å². The third-order valence-corrected chi connectivity index (χ3v) is 9.50. The average molecular weight is 393 g/mol. The first-order valence-electron chi connectivity index (χ1n) is 11.5. The highest BCUT2D eigenvalue weighted by Gasteiger charge is 2.66. The summed E-state index contributed by atoms with van der Waals surface area (Å²) in [6.45, 7) is 5.66. The Morgan fingerprint density at radius 3 is 2.46 bits per heavy atom. The lowest BCUT2D eigenvalue weighted by atomic mass is 9.48. The molecule has 0 bridgehead atoms. The summed E-state index contributed by atoms with van der Waals surface area (Å²) in [4.78, 5) is 11.4. The SMILES string of the molecule is CC(=O)O[C@H]1CC[C@@H]2[C@H]3CC[C@@]4(C)[C@@H](CCC45OCCO5)[C@@H]3C[C@@H](CO)[C@H]2C1. The Hall–Kier alpha value is -0.650. The zero-order chi connectivity index (χ0) is 19.5. The van der Waals surface area contributed by atoms with Crippen LogP contribution in [0.25, 0.3) is 0 Å². The van der Waals surface area contributed by atoms with Gasteiger partial charge in [-0.2, -0.15) is 0 Å². The van der Waals surface area contributed by atoms with E-state index in [1.165, 1.54) is 26.2 Å². The van der Waals surface area contributed by atoms with Crippen LogP contribution in [0.5, 0.6) is 0 Å². The van der Waals surface area contributed by atoms with Crippen molar-refractivity contribution in [1.29, 1.82) is 0 Å². The molecule has 4 saturated carbocycles. The van der Waals surface area contributed by atoms with Crippen LogP contribution < -0.4 is 0 Å². The quantitative estimate of drug-likeness (QED) is 0.728. The van der Waals surface area contributed by atoms with Gasteiger partial charge in [0.25, 0.3) is 0 Å². The van der Waals surface area contributed by atoms with Crippen LogP contribution >= 0.6 is 0 Å².